The van der Waals surface area contributed by atoms with Crippen LogP contribution in [0.3, 0.4) is 0 Å². The van der Waals surface area contributed by atoms with Gasteiger partial charge in [-0.25, -0.2) is 0 Å². The van der Waals surface area contributed by atoms with Gasteiger partial charge < -0.3 is 0 Å². The third kappa shape index (κ3) is 5.72. The Balaban J connectivity index is 1.23. The van der Waals surface area contributed by atoms with E-state index in [9.17, 15) is 0 Å². The van der Waals surface area contributed by atoms with Crippen LogP contribution in [0.2, 0.25) is 0 Å². The molecule has 2 heteroatoms. The first kappa shape index (κ1) is 21.6. The molecule has 1 spiro atoms. The summed E-state index contributed by atoms with van der Waals surface area (Å²) in [6.07, 6.45) is 26.4. The van der Waals surface area contributed by atoms with Crippen molar-refractivity contribution in [3.8, 4) is 0 Å². The molecule has 3 heterocycles. The second kappa shape index (κ2) is 11.8. The number of hydrogen-bond acceptors (Lipinski definition) is 2. The van der Waals surface area contributed by atoms with Crippen LogP contribution in [0.15, 0.2) is 0 Å². The maximum atomic E-state index is 2.91. The molecule has 0 bridgehead atoms. The van der Waals surface area contributed by atoms with Gasteiger partial charge in [0.25, 0.3) is 0 Å². The molecule has 3 rings (SSSR count). The lowest BCUT2D eigenvalue weighted by molar-refractivity contribution is -0.210. The Morgan fingerprint density at radius 1 is 0.630 bits per heavy atom. The van der Waals surface area contributed by atoms with Crippen LogP contribution in [0, 0.1) is 5.92 Å². The lowest BCUT2D eigenvalue weighted by Crippen LogP contribution is -2.77. The van der Waals surface area contributed by atoms with E-state index in [0.717, 1.165) is 5.92 Å². The third-order valence-corrected chi connectivity index (χ3v) is 7.92. The van der Waals surface area contributed by atoms with Gasteiger partial charge in [0.1, 0.15) is 0 Å². The Morgan fingerprint density at radius 2 is 1.22 bits per heavy atom. The molecule has 3 aliphatic rings. The van der Waals surface area contributed by atoms with E-state index in [1.54, 1.807) is 0 Å². The maximum Gasteiger partial charge on any atom is 0.0779 e. The molecule has 3 saturated heterocycles. The summed E-state index contributed by atoms with van der Waals surface area (Å²) in [4.78, 5) is 5.78. The normalized spacial score (nSPS) is 29.0. The highest BCUT2D eigenvalue weighted by molar-refractivity contribution is 5.08. The average molecular weight is 377 g/mol. The van der Waals surface area contributed by atoms with Crippen LogP contribution in [0.5, 0.6) is 0 Å². The summed E-state index contributed by atoms with van der Waals surface area (Å²) in [5.41, 5.74) is 0.520. The van der Waals surface area contributed by atoms with Crippen molar-refractivity contribution in [2.75, 3.05) is 26.2 Å². The molecule has 0 aromatic rings. The molecule has 0 aromatic carbocycles. The molecule has 0 amide bonds. The number of nitrogens with zero attached hydrogens (tertiary/aromatic N) is 2. The first-order chi connectivity index (χ1) is 13.4. The predicted molar refractivity (Wildman–Crippen MR) is 118 cm³/mol. The summed E-state index contributed by atoms with van der Waals surface area (Å²) < 4.78 is 0. The monoisotopic (exact) mass is 376 g/mol. The Kier molecular flexibility index (Phi) is 9.46. The van der Waals surface area contributed by atoms with Crippen molar-refractivity contribution in [1.29, 1.82) is 0 Å². The van der Waals surface area contributed by atoms with Crippen molar-refractivity contribution in [2.45, 2.75) is 128 Å². The molecule has 0 saturated carbocycles. The second-order valence-electron chi connectivity index (χ2n) is 9.85. The van der Waals surface area contributed by atoms with Gasteiger partial charge in [0, 0.05) is 25.6 Å². The van der Waals surface area contributed by atoms with E-state index in [1.165, 1.54) is 142 Å². The summed E-state index contributed by atoms with van der Waals surface area (Å²) in [6.45, 7) is 7.86. The lowest BCUT2D eigenvalue weighted by atomic mass is 9.72. The molecular formula is C25H48N2. The summed E-state index contributed by atoms with van der Waals surface area (Å²) in [7, 11) is 0. The lowest BCUT2D eigenvalue weighted by Gasteiger charge is -2.66. The molecule has 0 aromatic heterocycles. The van der Waals surface area contributed by atoms with Gasteiger partial charge in [-0.1, -0.05) is 96.8 Å². The molecule has 27 heavy (non-hydrogen) atoms. The molecule has 0 aliphatic carbocycles. The molecule has 0 radical (unpaired) electrons. The van der Waals surface area contributed by atoms with E-state index in [0.29, 0.717) is 5.66 Å². The van der Waals surface area contributed by atoms with E-state index in [-0.39, 0.29) is 0 Å². The van der Waals surface area contributed by atoms with Crippen molar-refractivity contribution in [2.24, 2.45) is 5.92 Å². The standard InChI is InChI=1S/C25H48N2/c1-2-3-4-5-6-7-8-9-10-11-12-14-18-24-23-27-22-17-21-26-20-16-13-15-19-25(24,26)27/h24H,2-23H2,1H3. The summed E-state index contributed by atoms with van der Waals surface area (Å²) in [5, 5.41) is 0. The zero-order valence-electron chi connectivity index (χ0n) is 18.5. The molecule has 0 N–H and O–H groups in total. The Labute approximate surface area is 170 Å². The first-order valence-electron chi connectivity index (χ1n) is 12.9. The number of hydrogen-bond donors (Lipinski definition) is 0. The molecule has 3 aliphatic heterocycles. The predicted octanol–water partition coefficient (Wildman–Crippen LogP) is 6.99. The molecule has 2 nitrogen and oxygen atoms in total. The Hall–Kier alpha value is -0.0800. The average Bonchev–Trinajstić information content (AvgIpc) is 2.91. The van der Waals surface area contributed by atoms with Gasteiger partial charge in [0.05, 0.1) is 5.66 Å². The van der Waals surface area contributed by atoms with E-state index >= 15 is 0 Å². The quantitative estimate of drug-likeness (QED) is 0.320. The summed E-state index contributed by atoms with van der Waals surface area (Å²) >= 11 is 0. The highest BCUT2D eigenvalue weighted by atomic mass is 15.5. The van der Waals surface area contributed by atoms with E-state index in [4.69, 9.17) is 0 Å². The van der Waals surface area contributed by atoms with Gasteiger partial charge in [0.2, 0.25) is 0 Å². The zero-order chi connectivity index (χ0) is 18.8. The van der Waals surface area contributed by atoms with E-state index in [2.05, 4.69) is 16.7 Å². The van der Waals surface area contributed by atoms with Crippen LogP contribution in [0.4, 0.5) is 0 Å². The van der Waals surface area contributed by atoms with Crippen LogP contribution in [0.25, 0.3) is 0 Å². The van der Waals surface area contributed by atoms with Crippen LogP contribution >= 0.6 is 0 Å². The summed E-state index contributed by atoms with van der Waals surface area (Å²) in [5.74, 6) is 0.985. The van der Waals surface area contributed by atoms with Gasteiger partial charge in [-0.15, -0.1) is 0 Å². The highest BCUT2D eigenvalue weighted by Gasteiger charge is 2.57. The first-order valence-corrected chi connectivity index (χ1v) is 12.9. The SMILES string of the molecule is CCCCCCCCCCCCCCC1CN2CCCN3CCCCCC132. The second-order valence-corrected chi connectivity index (χ2v) is 9.85. The van der Waals surface area contributed by atoms with Crippen LogP contribution in [-0.4, -0.2) is 41.6 Å². The van der Waals surface area contributed by atoms with Gasteiger partial charge in [-0.05, 0) is 32.2 Å². The van der Waals surface area contributed by atoms with Crippen LogP contribution < -0.4 is 0 Å². The van der Waals surface area contributed by atoms with Crippen molar-refractivity contribution in [3.63, 3.8) is 0 Å². The fourth-order valence-corrected chi connectivity index (χ4v) is 6.35. The Bertz CT molecular complexity index is 396. The van der Waals surface area contributed by atoms with Crippen molar-refractivity contribution in [3.05, 3.63) is 0 Å². The number of rotatable bonds is 13. The van der Waals surface area contributed by atoms with Gasteiger partial charge in [-0.3, -0.25) is 9.80 Å². The van der Waals surface area contributed by atoms with Crippen molar-refractivity contribution >= 4 is 0 Å². The molecule has 3 fully saturated rings. The van der Waals surface area contributed by atoms with Crippen LogP contribution in [-0.2, 0) is 0 Å². The molecule has 2 unspecified atom stereocenters. The van der Waals surface area contributed by atoms with Crippen molar-refractivity contribution < 1.29 is 0 Å². The fraction of sp³-hybridized carbons (Fsp3) is 1.00. The summed E-state index contributed by atoms with van der Waals surface area (Å²) in [6, 6.07) is 0. The third-order valence-electron chi connectivity index (χ3n) is 7.92. The largest absolute Gasteiger partial charge is 0.285 e. The van der Waals surface area contributed by atoms with Gasteiger partial charge in [0.15, 0.2) is 0 Å². The minimum absolute atomic E-state index is 0.520. The van der Waals surface area contributed by atoms with E-state index < -0.39 is 0 Å². The molecule has 158 valence electrons. The number of unbranched alkanes of at least 4 members (excludes halogenated alkanes) is 11. The topological polar surface area (TPSA) is 6.48 Å². The Morgan fingerprint density at radius 3 is 1.93 bits per heavy atom. The minimum Gasteiger partial charge on any atom is -0.285 e. The van der Waals surface area contributed by atoms with Gasteiger partial charge >= 0.3 is 0 Å². The molecule has 2 atom stereocenters. The smallest absolute Gasteiger partial charge is 0.0779 e. The van der Waals surface area contributed by atoms with E-state index in [1.807, 2.05) is 0 Å². The molecular weight excluding hydrogens is 328 g/mol. The minimum atomic E-state index is 0.520. The highest BCUT2D eigenvalue weighted by Crippen LogP contribution is 2.49. The van der Waals surface area contributed by atoms with Crippen LogP contribution in [0.1, 0.15) is 122 Å². The van der Waals surface area contributed by atoms with Crippen molar-refractivity contribution in [1.82, 2.24) is 9.80 Å². The maximum absolute atomic E-state index is 2.91. The zero-order valence-corrected chi connectivity index (χ0v) is 18.5. The fourth-order valence-electron chi connectivity index (χ4n) is 6.35. The van der Waals surface area contributed by atoms with Gasteiger partial charge in [-0.2, -0.15) is 0 Å².